The molecule has 1 saturated heterocycles. The summed E-state index contributed by atoms with van der Waals surface area (Å²) >= 11 is 0. The molecule has 1 fully saturated rings. The molecule has 0 bridgehead atoms. The standard InChI is InChI=1S/C13H13FN2O4/c1-20-10-4-2-7(14)6-8(10)12(18)15-9-3-5-11(17)16-13(9)19/h2,4,6,9H,3,5H2,1H3,(H,15,18)(H,16,17,19). The molecule has 1 atom stereocenters. The minimum absolute atomic E-state index is 0.00259. The first-order chi connectivity index (χ1) is 9.51. The fourth-order valence-corrected chi connectivity index (χ4v) is 1.92. The highest BCUT2D eigenvalue weighted by atomic mass is 19.1. The van der Waals surface area contributed by atoms with Crippen molar-refractivity contribution in [3.05, 3.63) is 29.6 Å². The Hall–Kier alpha value is -2.44. The van der Waals surface area contributed by atoms with Crippen LogP contribution >= 0.6 is 0 Å². The third-order valence-electron chi connectivity index (χ3n) is 2.95. The van der Waals surface area contributed by atoms with E-state index in [0.717, 1.165) is 6.07 Å². The van der Waals surface area contributed by atoms with Gasteiger partial charge in [0.05, 0.1) is 12.7 Å². The Morgan fingerprint density at radius 1 is 1.45 bits per heavy atom. The lowest BCUT2D eigenvalue weighted by molar-refractivity contribution is -0.134. The normalized spacial score (nSPS) is 18.4. The number of ether oxygens (including phenoxy) is 1. The summed E-state index contributed by atoms with van der Waals surface area (Å²) in [6.45, 7) is 0. The van der Waals surface area contributed by atoms with Crippen molar-refractivity contribution in [2.75, 3.05) is 7.11 Å². The van der Waals surface area contributed by atoms with E-state index in [1.165, 1.54) is 19.2 Å². The molecule has 1 aromatic rings. The van der Waals surface area contributed by atoms with Crippen LogP contribution in [0.1, 0.15) is 23.2 Å². The van der Waals surface area contributed by atoms with Crippen LogP contribution in [0, 0.1) is 5.82 Å². The van der Waals surface area contributed by atoms with Gasteiger partial charge in [0.15, 0.2) is 0 Å². The van der Waals surface area contributed by atoms with Gasteiger partial charge in [-0.15, -0.1) is 0 Å². The minimum Gasteiger partial charge on any atom is -0.496 e. The van der Waals surface area contributed by atoms with E-state index in [1.807, 2.05) is 0 Å². The molecule has 1 aliphatic rings. The van der Waals surface area contributed by atoms with Gasteiger partial charge in [-0.2, -0.15) is 0 Å². The van der Waals surface area contributed by atoms with E-state index in [4.69, 9.17) is 4.74 Å². The highest BCUT2D eigenvalue weighted by Gasteiger charge is 2.28. The molecule has 20 heavy (non-hydrogen) atoms. The Labute approximate surface area is 114 Å². The van der Waals surface area contributed by atoms with Crippen LogP contribution in [0.3, 0.4) is 0 Å². The van der Waals surface area contributed by atoms with Crippen LogP contribution in [-0.2, 0) is 9.59 Å². The van der Waals surface area contributed by atoms with Crippen molar-refractivity contribution in [3.63, 3.8) is 0 Å². The Morgan fingerprint density at radius 3 is 2.85 bits per heavy atom. The van der Waals surface area contributed by atoms with Gasteiger partial charge in [-0.25, -0.2) is 4.39 Å². The van der Waals surface area contributed by atoms with Crippen molar-refractivity contribution in [2.24, 2.45) is 0 Å². The van der Waals surface area contributed by atoms with Crippen LogP contribution in [0.4, 0.5) is 4.39 Å². The zero-order chi connectivity index (χ0) is 14.7. The molecule has 0 radical (unpaired) electrons. The molecule has 2 N–H and O–H groups in total. The lowest BCUT2D eigenvalue weighted by Gasteiger charge is -2.22. The Kier molecular flexibility index (Phi) is 3.97. The lowest BCUT2D eigenvalue weighted by Crippen LogP contribution is -2.52. The van der Waals surface area contributed by atoms with Crippen molar-refractivity contribution >= 4 is 17.7 Å². The topological polar surface area (TPSA) is 84.5 Å². The third-order valence-corrected chi connectivity index (χ3v) is 2.95. The molecule has 106 valence electrons. The van der Waals surface area contributed by atoms with E-state index in [1.54, 1.807) is 0 Å². The van der Waals surface area contributed by atoms with E-state index < -0.39 is 23.7 Å². The first kappa shape index (κ1) is 14.0. The SMILES string of the molecule is COc1ccc(F)cc1C(=O)NC1CCC(=O)NC1=O. The van der Waals surface area contributed by atoms with E-state index >= 15 is 0 Å². The zero-order valence-corrected chi connectivity index (χ0v) is 10.7. The van der Waals surface area contributed by atoms with Crippen LogP contribution < -0.4 is 15.4 Å². The number of benzene rings is 1. The monoisotopic (exact) mass is 280 g/mol. The number of hydrogen-bond acceptors (Lipinski definition) is 4. The number of halogens is 1. The maximum Gasteiger partial charge on any atom is 0.255 e. The zero-order valence-electron chi connectivity index (χ0n) is 10.7. The summed E-state index contributed by atoms with van der Waals surface area (Å²) in [7, 11) is 1.36. The van der Waals surface area contributed by atoms with Crippen LogP contribution in [0.2, 0.25) is 0 Å². The first-order valence-corrected chi connectivity index (χ1v) is 5.99. The van der Waals surface area contributed by atoms with Gasteiger partial charge in [0, 0.05) is 6.42 Å². The number of amides is 3. The largest absolute Gasteiger partial charge is 0.496 e. The van der Waals surface area contributed by atoms with Gasteiger partial charge in [0.2, 0.25) is 11.8 Å². The number of carbonyl (C=O) groups excluding carboxylic acids is 3. The van der Waals surface area contributed by atoms with Gasteiger partial charge < -0.3 is 10.1 Å². The molecule has 1 aliphatic heterocycles. The fourth-order valence-electron chi connectivity index (χ4n) is 1.92. The number of rotatable bonds is 3. The summed E-state index contributed by atoms with van der Waals surface area (Å²) in [6.07, 6.45) is 0.366. The average Bonchev–Trinajstić information content (AvgIpc) is 2.41. The lowest BCUT2D eigenvalue weighted by atomic mass is 10.1. The maximum absolute atomic E-state index is 13.2. The van der Waals surface area contributed by atoms with Crippen molar-refractivity contribution in [1.82, 2.24) is 10.6 Å². The number of hydrogen-bond donors (Lipinski definition) is 2. The van der Waals surface area contributed by atoms with Gasteiger partial charge in [0.25, 0.3) is 5.91 Å². The highest BCUT2D eigenvalue weighted by molar-refractivity contribution is 6.04. The first-order valence-electron chi connectivity index (χ1n) is 5.99. The van der Waals surface area contributed by atoms with Crippen LogP contribution in [0.15, 0.2) is 18.2 Å². The van der Waals surface area contributed by atoms with Gasteiger partial charge in [-0.3, -0.25) is 19.7 Å². The predicted octanol–water partition coefficient (Wildman–Crippen LogP) is 0.369. The van der Waals surface area contributed by atoms with E-state index in [-0.39, 0.29) is 30.1 Å². The molecular weight excluding hydrogens is 267 g/mol. The molecular formula is C13H13FN2O4. The average molecular weight is 280 g/mol. The van der Waals surface area contributed by atoms with Gasteiger partial charge in [-0.1, -0.05) is 0 Å². The minimum atomic E-state index is -0.812. The van der Waals surface area contributed by atoms with Crippen LogP contribution in [-0.4, -0.2) is 30.9 Å². The Bertz CT molecular complexity index is 573. The van der Waals surface area contributed by atoms with E-state index in [2.05, 4.69) is 10.6 Å². The molecule has 1 unspecified atom stereocenters. The van der Waals surface area contributed by atoms with E-state index in [0.29, 0.717) is 0 Å². The molecule has 3 amide bonds. The molecule has 2 rings (SSSR count). The summed E-state index contributed by atoms with van der Waals surface area (Å²) < 4.78 is 18.2. The van der Waals surface area contributed by atoms with Crippen molar-refractivity contribution in [2.45, 2.75) is 18.9 Å². The smallest absolute Gasteiger partial charge is 0.255 e. The third kappa shape index (κ3) is 2.93. The summed E-state index contributed by atoms with van der Waals surface area (Å²) in [5.74, 6) is -1.94. The molecule has 7 heteroatoms. The summed E-state index contributed by atoms with van der Waals surface area (Å²) in [6, 6.07) is 2.71. The van der Waals surface area contributed by atoms with Crippen molar-refractivity contribution < 1.29 is 23.5 Å². The van der Waals surface area contributed by atoms with Gasteiger partial charge in [-0.05, 0) is 24.6 Å². The summed E-state index contributed by atoms with van der Waals surface area (Å²) in [5, 5.41) is 4.59. The quantitative estimate of drug-likeness (QED) is 0.783. The molecule has 1 heterocycles. The van der Waals surface area contributed by atoms with Gasteiger partial charge in [0.1, 0.15) is 17.6 Å². The molecule has 0 saturated carbocycles. The molecule has 0 aromatic heterocycles. The summed E-state index contributed by atoms with van der Waals surface area (Å²) in [5.41, 5.74) is -0.00259. The number of methoxy groups -OCH3 is 1. The molecule has 6 nitrogen and oxygen atoms in total. The van der Waals surface area contributed by atoms with Gasteiger partial charge >= 0.3 is 0 Å². The van der Waals surface area contributed by atoms with Crippen LogP contribution in [0.25, 0.3) is 0 Å². The molecule has 0 aliphatic carbocycles. The van der Waals surface area contributed by atoms with E-state index in [9.17, 15) is 18.8 Å². The predicted molar refractivity (Wildman–Crippen MR) is 66.6 cm³/mol. The Morgan fingerprint density at radius 2 is 2.20 bits per heavy atom. The highest BCUT2D eigenvalue weighted by Crippen LogP contribution is 2.19. The second-order valence-electron chi connectivity index (χ2n) is 4.32. The number of carbonyl (C=O) groups is 3. The summed E-state index contributed by atoms with van der Waals surface area (Å²) in [4.78, 5) is 34.6. The van der Waals surface area contributed by atoms with Crippen molar-refractivity contribution in [1.29, 1.82) is 0 Å². The molecule has 0 spiro atoms. The van der Waals surface area contributed by atoms with Crippen molar-refractivity contribution in [3.8, 4) is 5.75 Å². The van der Waals surface area contributed by atoms with Crippen LogP contribution in [0.5, 0.6) is 5.75 Å². The number of piperidine rings is 1. The second kappa shape index (κ2) is 5.68. The Balaban J connectivity index is 2.14. The fraction of sp³-hybridized carbons (Fsp3) is 0.308. The maximum atomic E-state index is 13.2. The number of nitrogens with one attached hydrogen (secondary N) is 2. The second-order valence-corrected chi connectivity index (χ2v) is 4.32. The number of imide groups is 1. The molecule has 1 aromatic carbocycles.